The molecule has 0 aromatic carbocycles. The molecule has 14 nitrogen and oxygen atoms in total. The van der Waals surface area contributed by atoms with Crippen LogP contribution in [0.1, 0.15) is 0 Å². The average Bonchev–Trinajstić information content (AvgIpc) is 2.28. The van der Waals surface area contributed by atoms with E-state index in [2.05, 4.69) is 12.5 Å². The van der Waals surface area contributed by atoms with E-state index in [4.69, 9.17) is 9.84 Å². The van der Waals surface area contributed by atoms with E-state index >= 15 is 0 Å². The standard InChI is InChI=1S/C6H12O14S3.3Na/c7-1-3-5(19-22(11,12)13)6(20-23(14,15)16)4(2-17-3)18-21(8,9)10;;;/h3-7H,1-2H2,(H,8,9,10)(H,11,12,13)(H,14,15,16);;;/q;3*+1/p-3. The van der Waals surface area contributed by atoms with Crippen molar-refractivity contribution in [3.63, 3.8) is 0 Å². The molecule has 1 saturated heterocycles. The quantitative estimate of drug-likeness (QED) is 0.207. The summed E-state index contributed by atoms with van der Waals surface area (Å²) in [6.45, 7) is -1.93. The second-order valence-corrected chi connectivity index (χ2v) is 7.06. The van der Waals surface area contributed by atoms with Crippen LogP contribution < -0.4 is 88.7 Å². The van der Waals surface area contributed by atoms with Gasteiger partial charge in [-0.2, -0.15) is 0 Å². The summed E-state index contributed by atoms with van der Waals surface area (Å²) in [6.07, 6.45) is -8.46. The fraction of sp³-hybridized carbons (Fsp3) is 1.00. The number of rotatable bonds is 7. The molecular weight excluding hydrogens is 461 g/mol. The molecule has 1 aliphatic heterocycles. The van der Waals surface area contributed by atoms with Gasteiger partial charge in [-0.05, 0) is 0 Å². The summed E-state index contributed by atoms with van der Waals surface area (Å²) in [6, 6.07) is 0. The summed E-state index contributed by atoms with van der Waals surface area (Å²) < 4.78 is 112. The topological polar surface area (TPSA) is 229 Å². The maximum atomic E-state index is 10.7. The molecule has 138 valence electrons. The van der Waals surface area contributed by atoms with Crippen molar-refractivity contribution < 1.29 is 150 Å². The minimum absolute atomic E-state index is 0. The van der Waals surface area contributed by atoms with Crippen LogP contribution in [0.4, 0.5) is 0 Å². The van der Waals surface area contributed by atoms with E-state index in [9.17, 15) is 38.9 Å². The number of aliphatic hydroxyl groups excluding tert-OH is 1. The first-order valence-electron chi connectivity index (χ1n) is 5.36. The van der Waals surface area contributed by atoms with Crippen LogP contribution in [0, 0.1) is 0 Å². The van der Waals surface area contributed by atoms with Crippen molar-refractivity contribution >= 4 is 31.2 Å². The van der Waals surface area contributed by atoms with Crippen LogP contribution in [0.5, 0.6) is 0 Å². The third-order valence-electron chi connectivity index (χ3n) is 2.41. The molecule has 1 fully saturated rings. The first-order chi connectivity index (χ1) is 10.2. The van der Waals surface area contributed by atoms with Crippen molar-refractivity contribution in [1.29, 1.82) is 0 Å². The van der Waals surface area contributed by atoms with Crippen LogP contribution in [0.25, 0.3) is 0 Å². The van der Waals surface area contributed by atoms with Crippen molar-refractivity contribution in [3.8, 4) is 0 Å². The van der Waals surface area contributed by atoms with Crippen LogP contribution >= 0.6 is 0 Å². The molecule has 4 atom stereocenters. The Bertz CT molecular complexity index is 719. The maximum Gasteiger partial charge on any atom is 1.00 e. The van der Waals surface area contributed by atoms with Crippen LogP contribution in [-0.2, 0) is 48.5 Å². The minimum Gasteiger partial charge on any atom is -0.726 e. The fourth-order valence-electron chi connectivity index (χ4n) is 1.73. The zero-order chi connectivity index (χ0) is 18.1. The van der Waals surface area contributed by atoms with Gasteiger partial charge in [-0.25, -0.2) is 25.3 Å². The van der Waals surface area contributed by atoms with Gasteiger partial charge in [-0.1, -0.05) is 0 Å². The van der Waals surface area contributed by atoms with Gasteiger partial charge < -0.3 is 23.5 Å². The van der Waals surface area contributed by atoms with Crippen LogP contribution in [0.2, 0.25) is 0 Å². The van der Waals surface area contributed by atoms with Crippen molar-refractivity contribution in [2.75, 3.05) is 13.2 Å². The third-order valence-corrected chi connectivity index (χ3v) is 3.81. The molecule has 1 rings (SSSR count). The summed E-state index contributed by atoms with van der Waals surface area (Å²) >= 11 is 0. The Morgan fingerprint density at radius 1 is 0.808 bits per heavy atom. The molecule has 0 amide bonds. The molecule has 1 aliphatic rings. The number of ether oxygens (including phenoxy) is 1. The van der Waals surface area contributed by atoms with E-state index in [0.717, 1.165) is 0 Å². The van der Waals surface area contributed by atoms with Crippen LogP contribution in [0.3, 0.4) is 0 Å². The van der Waals surface area contributed by atoms with Gasteiger partial charge in [-0.15, -0.1) is 0 Å². The van der Waals surface area contributed by atoms with Crippen molar-refractivity contribution in [1.82, 2.24) is 0 Å². The zero-order valence-electron chi connectivity index (χ0n) is 13.7. The van der Waals surface area contributed by atoms with Crippen molar-refractivity contribution in [2.24, 2.45) is 0 Å². The monoisotopic (exact) mass is 470 g/mol. The predicted molar refractivity (Wildman–Crippen MR) is 60.5 cm³/mol. The van der Waals surface area contributed by atoms with Crippen molar-refractivity contribution in [3.05, 3.63) is 0 Å². The van der Waals surface area contributed by atoms with E-state index in [1.807, 2.05) is 0 Å². The Hall–Kier alpha value is 2.53. The third kappa shape index (κ3) is 13.0. The Labute approximate surface area is 216 Å². The van der Waals surface area contributed by atoms with Gasteiger partial charge in [0.25, 0.3) is 0 Å². The summed E-state index contributed by atoms with van der Waals surface area (Å²) in [5, 5.41) is 8.99. The van der Waals surface area contributed by atoms with E-state index < -0.39 is 68.8 Å². The molecule has 26 heavy (non-hydrogen) atoms. The maximum absolute atomic E-state index is 10.7. The first-order valence-corrected chi connectivity index (χ1v) is 9.36. The summed E-state index contributed by atoms with van der Waals surface area (Å²) in [5.74, 6) is 0. The van der Waals surface area contributed by atoms with Gasteiger partial charge in [0.05, 0.1) is 13.2 Å². The molecule has 0 saturated carbocycles. The second-order valence-electron chi connectivity index (χ2n) is 4.04. The van der Waals surface area contributed by atoms with Gasteiger partial charge in [0, 0.05) is 0 Å². The van der Waals surface area contributed by atoms with E-state index in [-0.39, 0.29) is 88.7 Å². The number of aliphatic hydroxyl groups is 1. The molecule has 0 aromatic rings. The number of hydrogen-bond donors (Lipinski definition) is 1. The van der Waals surface area contributed by atoms with Gasteiger partial charge in [0.15, 0.2) is 0 Å². The smallest absolute Gasteiger partial charge is 0.726 e. The molecule has 0 spiro atoms. The Balaban J connectivity index is -0.00000176. The molecule has 1 N–H and O–H groups in total. The number of hydrogen-bond acceptors (Lipinski definition) is 14. The van der Waals surface area contributed by atoms with Gasteiger partial charge >= 0.3 is 88.7 Å². The van der Waals surface area contributed by atoms with Gasteiger partial charge in [0.2, 0.25) is 31.2 Å². The normalized spacial score (nSPS) is 26.8. The Morgan fingerprint density at radius 2 is 1.19 bits per heavy atom. The molecule has 0 radical (unpaired) electrons. The minimum atomic E-state index is -5.57. The van der Waals surface area contributed by atoms with Crippen LogP contribution in [-0.4, -0.2) is 81.6 Å². The van der Waals surface area contributed by atoms with E-state index in [0.29, 0.717) is 0 Å². The summed E-state index contributed by atoms with van der Waals surface area (Å²) in [4.78, 5) is 0. The van der Waals surface area contributed by atoms with Gasteiger partial charge in [0.1, 0.15) is 24.4 Å². The van der Waals surface area contributed by atoms with Gasteiger partial charge in [-0.3, -0.25) is 12.5 Å². The Kier molecular flexibility index (Phi) is 16.7. The predicted octanol–water partition coefficient (Wildman–Crippen LogP) is -13.1. The Morgan fingerprint density at radius 3 is 1.54 bits per heavy atom. The molecule has 0 aliphatic carbocycles. The molecule has 0 bridgehead atoms. The van der Waals surface area contributed by atoms with Crippen molar-refractivity contribution in [2.45, 2.75) is 24.4 Å². The first kappa shape index (κ1) is 33.2. The molecule has 1 heterocycles. The average molecular weight is 470 g/mol. The molecule has 4 unspecified atom stereocenters. The molecule has 20 heteroatoms. The second kappa shape index (κ2) is 13.1. The van der Waals surface area contributed by atoms with Crippen LogP contribution in [0.15, 0.2) is 0 Å². The largest absolute Gasteiger partial charge is 1.00 e. The zero-order valence-corrected chi connectivity index (χ0v) is 22.2. The SMILES string of the molecule is O=S(=O)([O-])OC1COC(CO)C(OS(=O)(=O)[O-])C1OS(=O)(=O)[O-].[Na+].[Na+].[Na+]. The summed E-state index contributed by atoms with van der Waals surface area (Å²) in [7, 11) is -16.6. The fourth-order valence-corrected chi connectivity index (χ4v) is 3.21. The van der Waals surface area contributed by atoms with E-state index in [1.165, 1.54) is 0 Å². The van der Waals surface area contributed by atoms with E-state index in [1.54, 1.807) is 0 Å². The summed E-state index contributed by atoms with van der Waals surface area (Å²) in [5.41, 5.74) is 0. The molecular formula is C6H9Na3O14S3. The molecule has 0 aromatic heterocycles.